The first kappa shape index (κ1) is 22.3. The molecule has 0 amide bonds. The number of hydrogen-bond donors (Lipinski definition) is 0. The Bertz CT molecular complexity index is 919. The molecule has 0 aliphatic heterocycles. The second-order valence-corrected chi connectivity index (χ2v) is 6.05. The molecule has 2 aromatic carbocycles. The zero-order chi connectivity index (χ0) is 21.8. The Hall–Kier alpha value is -3.01. The minimum Gasteiger partial charge on any atom is -0.472 e. The molecule has 0 fully saturated rings. The average Bonchev–Trinajstić information content (AvgIpc) is 2.62. The average molecular weight is 434 g/mol. The molecule has 0 spiro atoms. The third-order valence-corrected chi connectivity index (χ3v) is 3.83. The van der Waals surface area contributed by atoms with Crippen molar-refractivity contribution in [2.75, 3.05) is 6.61 Å². The van der Waals surface area contributed by atoms with Crippen LogP contribution in [-0.4, -0.2) is 23.6 Å². The highest BCUT2D eigenvalue weighted by molar-refractivity contribution is 6.32. The van der Waals surface area contributed by atoms with Gasteiger partial charge in [-0.2, -0.15) is 13.2 Å². The maximum atomic E-state index is 12.7. The number of carbonyl (C=O) groups is 1. The van der Waals surface area contributed by atoms with E-state index in [2.05, 4.69) is 0 Å². The summed E-state index contributed by atoms with van der Waals surface area (Å²) in [7, 11) is 0. The number of alkyl halides is 3. The number of nitro benzene ring substituents is 1. The van der Waals surface area contributed by atoms with E-state index in [0.717, 1.165) is 24.3 Å². The van der Waals surface area contributed by atoms with E-state index in [4.69, 9.17) is 25.8 Å². The topological polar surface area (TPSA) is 87.9 Å². The molecule has 29 heavy (non-hydrogen) atoms. The van der Waals surface area contributed by atoms with Crippen molar-refractivity contribution in [1.82, 2.24) is 0 Å². The van der Waals surface area contributed by atoms with E-state index >= 15 is 0 Å². The molecule has 0 aliphatic rings. The van der Waals surface area contributed by atoms with Gasteiger partial charge >= 0.3 is 17.8 Å². The molecule has 2 aromatic rings. The van der Waals surface area contributed by atoms with Gasteiger partial charge in [0, 0.05) is 12.1 Å². The van der Waals surface area contributed by atoms with Crippen molar-refractivity contribution in [2.24, 2.45) is 0 Å². The van der Waals surface area contributed by atoms with Crippen LogP contribution in [-0.2, 0) is 15.7 Å². The first-order valence-corrected chi connectivity index (χ1v) is 8.57. The third-order valence-electron chi connectivity index (χ3n) is 3.54. The summed E-state index contributed by atoms with van der Waals surface area (Å²) in [6.45, 7) is 3.04. The Labute approximate surface area is 168 Å². The summed E-state index contributed by atoms with van der Waals surface area (Å²) in [4.78, 5) is 22.2. The highest BCUT2D eigenvalue weighted by Crippen LogP contribution is 2.38. The van der Waals surface area contributed by atoms with E-state index in [1.54, 1.807) is 6.92 Å². The second-order valence-electron chi connectivity index (χ2n) is 5.64. The summed E-state index contributed by atoms with van der Waals surface area (Å²) in [6, 6.07) is 5.92. The lowest BCUT2D eigenvalue weighted by Crippen LogP contribution is -2.26. The largest absolute Gasteiger partial charge is 0.472 e. The Morgan fingerprint density at radius 2 is 1.90 bits per heavy atom. The van der Waals surface area contributed by atoms with Crippen LogP contribution in [0.1, 0.15) is 19.4 Å². The van der Waals surface area contributed by atoms with Crippen molar-refractivity contribution in [3.05, 3.63) is 57.1 Å². The molecule has 2 rings (SSSR count). The first-order chi connectivity index (χ1) is 13.5. The van der Waals surface area contributed by atoms with E-state index in [9.17, 15) is 28.1 Å². The number of hydrogen-bond acceptors (Lipinski definition) is 6. The molecular formula is C18H15ClF3NO6. The van der Waals surface area contributed by atoms with Crippen LogP contribution in [0.25, 0.3) is 0 Å². The van der Waals surface area contributed by atoms with Crippen LogP contribution in [0.15, 0.2) is 36.4 Å². The summed E-state index contributed by atoms with van der Waals surface area (Å²) >= 11 is 5.84. The normalized spacial score (nSPS) is 12.2. The number of nitro groups is 1. The van der Waals surface area contributed by atoms with Gasteiger partial charge in [-0.1, -0.05) is 11.6 Å². The van der Waals surface area contributed by atoms with Gasteiger partial charge in [0.2, 0.25) is 5.75 Å². The van der Waals surface area contributed by atoms with Gasteiger partial charge in [-0.3, -0.25) is 10.1 Å². The van der Waals surface area contributed by atoms with Gasteiger partial charge < -0.3 is 14.2 Å². The van der Waals surface area contributed by atoms with Crippen LogP contribution in [0.2, 0.25) is 5.02 Å². The molecule has 0 aliphatic carbocycles. The summed E-state index contributed by atoms with van der Waals surface area (Å²) in [6.07, 6.45) is -5.71. The predicted octanol–water partition coefficient (Wildman–Crippen LogP) is 5.39. The molecule has 7 nitrogen and oxygen atoms in total. The van der Waals surface area contributed by atoms with E-state index in [1.807, 2.05) is 0 Å². The van der Waals surface area contributed by atoms with E-state index < -0.39 is 34.4 Å². The van der Waals surface area contributed by atoms with Gasteiger partial charge in [0.15, 0.2) is 6.10 Å². The lowest BCUT2D eigenvalue weighted by atomic mass is 10.2. The number of nitrogens with zero attached hydrogens (tertiary/aromatic N) is 1. The SMILES string of the molecule is CCOC(=O)[C@H](C)Oc1cc(Oc2ccc(C(F)(F)F)cc2Cl)ccc1[N+](=O)[O-]. The molecule has 0 saturated heterocycles. The second kappa shape index (κ2) is 8.99. The van der Waals surface area contributed by atoms with Crippen molar-refractivity contribution in [2.45, 2.75) is 26.1 Å². The number of halogens is 4. The highest BCUT2D eigenvalue weighted by Gasteiger charge is 2.31. The van der Waals surface area contributed by atoms with Crippen LogP contribution in [0.4, 0.5) is 18.9 Å². The zero-order valence-electron chi connectivity index (χ0n) is 15.2. The van der Waals surface area contributed by atoms with Crippen LogP contribution >= 0.6 is 11.6 Å². The Morgan fingerprint density at radius 1 is 1.21 bits per heavy atom. The molecule has 0 radical (unpaired) electrons. The van der Waals surface area contributed by atoms with Crippen molar-refractivity contribution >= 4 is 23.3 Å². The van der Waals surface area contributed by atoms with Crippen molar-refractivity contribution in [1.29, 1.82) is 0 Å². The van der Waals surface area contributed by atoms with Crippen LogP contribution in [0.3, 0.4) is 0 Å². The number of esters is 1. The lowest BCUT2D eigenvalue weighted by Gasteiger charge is -2.15. The summed E-state index contributed by atoms with van der Waals surface area (Å²) in [5.41, 5.74) is -1.39. The molecule has 156 valence electrons. The van der Waals surface area contributed by atoms with E-state index in [0.29, 0.717) is 6.07 Å². The molecule has 0 heterocycles. The Balaban J connectivity index is 2.31. The predicted molar refractivity (Wildman–Crippen MR) is 96.3 cm³/mol. The minimum absolute atomic E-state index is 0.00307. The first-order valence-electron chi connectivity index (χ1n) is 8.19. The quantitative estimate of drug-likeness (QED) is 0.330. The lowest BCUT2D eigenvalue weighted by molar-refractivity contribution is -0.386. The third kappa shape index (κ3) is 5.74. The fourth-order valence-electron chi connectivity index (χ4n) is 2.19. The summed E-state index contributed by atoms with van der Waals surface area (Å²) in [5.74, 6) is -1.10. The molecule has 0 saturated carbocycles. The van der Waals surface area contributed by atoms with Crippen molar-refractivity contribution in [3.8, 4) is 17.2 Å². The van der Waals surface area contributed by atoms with Crippen LogP contribution < -0.4 is 9.47 Å². The van der Waals surface area contributed by atoms with Crippen LogP contribution in [0, 0.1) is 10.1 Å². The fourth-order valence-corrected chi connectivity index (χ4v) is 2.41. The van der Waals surface area contributed by atoms with Gasteiger partial charge in [0.05, 0.1) is 22.1 Å². The van der Waals surface area contributed by atoms with E-state index in [1.165, 1.54) is 13.0 Å². The zero-order valence-corrected chi connectivity index (χ0v) is 15.9. The molecule has 11 heteroatoms. The monoisotopic (exact) mass is 433 g/mol. The minimum atomic E-state index is -4.57. The molecule has 1 atom stereocenters. The fraction of sp³-hybridized carbons (Fsp3) is 0.278. The van der Waals surface area contributed by atoms with Gasteiger partial charge in [-0.25, -0.2) is 4.79 Å². The maximum Gasteiger partial charge on any atom is 0.416 e. The van der Waals surface area contributed by atoms with Crippen LogP contribution in [0.5, 0.6) is 17.2 Å². The summed E-state index contributed by atoms with van der Waals surface area (Å²) < 4.78 is 53.7. The van der Waals surface area contributed by atoms with Gasteiger partial charge in [0.25, 0.3) is 0 Å². The Kier molecular flexibility index (Phi) is 6.91. The highest BCUT2D eigenvalue weighted by atomic mass is 35.5. The van der Waals surface area contributed by atoms with Gasteiger partial charge in [-0.15, -0.1) is 0 Å². The molecule has 0 bridgehead atoms. The Morgan fingerprint density at radius 3 is 2.45 bits per heavy atom. The molecular weight excluding hydrogens is 419 g/mol. The van der Waals surface area contributed by atoms with Crippen molar-refractivity contribution in [3.63, 3.8) is 0 Å². The standard InChI is InChI=1S/C18H15ClF3NO6/c1-3-27-17(24)10(2)28-16-9-12(5-6-14(16)23(25)26)29-15-7-4-11(8-13(15)19)18(20,21)22/h4-10H,3H2,1-2H3/t10-/m0/s1. The molecule has 0 unspecified atom stereocenters. The molecule has 0 N–H and O–H groups in total. The maximum absolute atomic E-state index is 12.7. The van der Waals surface area contributed by atoms with Crippen molar-refractivity contribution < 1.29 is 37.1 Å². The van der Waals surface area contributed by atoms with Gasteiger partial charge in [0.1, 0.15) is 11.5 Å². The summed E-state index contributed by atoms with van der Waals surface area (Å²) in [5, 5.41) is 10.9. The smallest absolute Gasteiger partial charge is 0.416 e. The number of benzene rings is 2. The van der Waals surface area contributed by atoms with Gasteiger partial charge in [-0.05, 0) is 38.1 Å². The number of rotatable bonds is 7. The number of carbonyl (C=O) groups excluding carboxylic acids is 1. The number of ether oxygens (including phenoxy) is 3. The van der Waals surface area contributed by atoms with E-state index in [-0.39, 0.29) is 28.9 Å². The molecule has 0 aromatic heterocycles.